The number of hydrogen-bond donors (Lipinski definition) is 0. The second-order valence-corrected chi connectivity index (χ2v) is 5.88. The molecular weight excluding hydrogens is 363 g/mol. The lowest BCUT2D eigenvalue weighted by Crippen LogP contribution is -2.39. The number of nitrogens with zero attached hydrogens (tertiary/aromatic N) is 3. The van der Waals surface area contributed by atoms with Crippen LogP contribution in [0.1, 0.15) is 12.1 Å². The van der Waals surface area contributed by atoms with Gasteiger partial charge in [-0.2, -0.15) is 13.2 Å². The molecule has 27 heavy (non-hydrogen) atoms. The molecule has 0 saturated heterocycles. The number of fused-ring (bicyclic) bond motifs is 1. The third-order valence-electron chi connectivity index (χ3n) is 4.01. The van der Waals surface area contributed by atoms with Gasteiger partial charge in [0.2, 0.25) is 0 Å². The summed E-state index contributed by atoms with van der Waals surface area (Å²) in [6.45, 7) is 0.359. The number of aryl methyl sites for hydroxylation is 1. The molecule has 2 heterocycles. The number of hydrogen-bond acceptors (Lipinski definition) is 4. The second-order valence-electron chi connectivity index (χ2n) is 5.88. The summed E-state index contributed by atoms with van der Waals surface area (Å²) in [5.74, 6) is 0.667. The largest absolute Gasteiger partial charge is 0.494 e. The second kappa shape index (κ2) is 7.26. The smallest absolute Gasteiger partial charge is 0.433 e. The Morgan fingerprint density at radius 1 is 1.07 bits per heavy atom. The summed E-state index contributed by atoms with van der Waals surface area (Å²) in [6, 6.07) is 10.8. The molecule has 6 nitrogen and oxygen atoms in total. The normalized spacial score (nSPS) is 11.7. The molecule has 9 heteroatoms. The van der Waals surface area contributed by atoms with Gasteiger partial charge in [-0.05, 0) is 30.7 Å². The molecule has 3 aromatic rings. The van der Waals surface area contributed by atoms with Gasteiger partial charge in [-0.1, -0.05) is 18.2 Å². The molecule has 0 aliphatic carbocycles. The lowest BCUT2D eigenvalue weighted by Gasteiger charge is -2.12. The molecule has 0 aliphatic heterocycles. The number of halogens is 3. The van der Waals surface area contributed by atoms with Gasteiger partial charge in [0, 0.05) is 13.6 Å². The Morgan fingerprint density at radius 3 is 2.44 bits per heavy atom. The van der Waals surface area contributed by atoms with Crippen LogP contribution in [0.15, 0.2) is 52.1 Å². The highest BCUT2D eigenvalue weighted by Gasteiger charge is 2.33. The van der Waals surface area contributed by atoms with Crippen molar-refractivity contribution in [3.63, 3.8) is 0 Å². The topological polar surface area (TPSA) is 66.1 Å². The maximum Gasteiger partial charge on any atom is 0.433 e. The summed E-state index contributed by atoms with van der Waals surface area (Å²) in [6.07, 6.45) is -4.28. The van der Waals surface area contributed by atoms with E-state index in [4.69, 9.17) is 4.74 Å². The number of rotatable bonds is 5. The molecule has 0 saturated carbocycles. The van der Waals surface area contributed by atoms with Gasteiger partial charge in [0.05, 0.1) is 12.0 Å². The quantitative estimate of drug-likeness (QED) is 0.639. The van der Waals surface area contributed by atoms with E-state index in [-0.39, 0.29) is 24.2 Å². The van der Waals surface area contributed by atoms with Crippen LogP contribution in [0.5, 0.6) is 5.75 Å². The van der Waals surface area contributed by atoms with E-state index in [9.17, 15) is 22.8 Å². The number of pyridine rings is 1. The monoisotopic (exact) mass is 379 g/mol. The van der Waals surface area contributed by atoms with Crippen LogP contribution < -0.4 is 16.0 Å². The minimum absolute atomic E-state index is 0.0472. The zero-order valence-corrected chi connectivity index (χ0v) is 14.4. The van der Waals surface area contributed by atoms with E-state index in [0.717, 1.165) is 21.3 Å². The van der Waals surface area contributed by atoms with E-state index >= 15 is 0 Å². The van der Waals surface area contributed by atoms with Crippen molar-refractivity contribution < 1.29 is 17.9 Å². The van der Waals surface area contributed by atoms with Gasteiger partial charge in [-0.15, -0.1) is 0 Å². The maximum atomic E-state index is 12.8. The summed E-state index contributed by atoms with van der Waals surface area (Å²) in [5, 5.41) is -0.0472. The molecule has 3 rings (SSSR count). The molecule has 0 unspecified atom stereocenters. The first-order valence-corrected chi connectivity index (χ1v) is 8.14. The van der Waals surface area contributed by atoms with Gasteiger partial charge < -0.3 is 4.74 Å². The van der Waals surface area contributed by atoms with Crippen molar-refractivity contribution in [3.8, 4) is 5.75 Å². The van der Waals surface area contributed by atoms with Crippen LogP contribution >= 0.6 is 0 Å². The molecule has 0 N–H and O–H groups in total. The predicted octanol–water partition coefficient (Wildman–Crippen LogP) is 2.58. The third kappa shape index (κ3) is 3.86. The van der Waals surface area contributed by atoms with Crippen LogP contribution in [-0.4, -0.2) is 20.7 Å². The summed E-state index contributed by atoms with van der Waals surface area (Å²) >= 11 is 0. The van der Waals surface area contributed by atoms with Crippen molar-refractivity contribution in [1.29, 1.82) is 0 Å². The van der Waals surface area contributed by atoms with Crippen molar-refractivity contribution in [2.24, 2.45) is 7.05 Å². The molecule has 0 spiro atoms. The lowest BCUT2D eigenvalue weighted by molar-refractivity contribution is -0.141. The van der Waals surface area contributed by atoms with Crippen LogP contribution in [0.25, 0.3) is 11.0 Å². The van der Waals surface area contributed by atoms with Gasteiger partial charge >= 0.3 is 11.9 Å². The van der Waals surface area contributed by atoms with Crippen LogP contribution in [0.2, 0.25) is 0 Å². The standard InChI is InChI=1S/C18H16F3N3O3/c1-23-15-13(8-9-14(22-15)18(19,20)21)16(25)24(17(23)26)10-5-11-27-12-6-3-2-4-7-12/h2-4,6-9H,5,10-11H2,1H3. The number of benzene rings is 1. The zero-order valence-electron chi connectivity index (χ0n) is 14.4. The Labute approximate surface area is 151 Å². The molecule has 0 aliphatic rings. The maximum absolute atomic E-state index is 12.8. The Hall–Kier alpha value is -3.10. The van der Waals surface area contributed by atoms with E-state index < -0.39 is 23.1 Å². The molecule has 142 valence electrons. The van der Waals surface area contributed by atoms with Crippen LogP contribution in [-0.2, 0) is 19.8 Å². The average molecular weight is 379 g/mol. The van der Waals surface area contributed by atoms with Crippen molar-refractivity contribution >= 4 is 11.0 Å². The average Bonchev–Trinajstić information content (AvgIpc) is 2.65. The Balaban J connectivity index is 1.86. The molecular formula is C18H16F3N3O3. The molecule has 0 amide bonds. The van der Waals surface area contributed by atoms with Gasteiger partial charge in [0.15, 0.2) is 0 Å². The lowest BCUT2D eigenvalue weighted by atomic mass is 10.2. The Morgan fingerprint density at radius 2 is 1.78 bits per heavy atom. The van der Waals surface area contributed by atoms with Gasteiger partial charge in [-0.25, -0.2) is 9.78 Å². The first kappa shape index (κ1) is 18.7. The molecule has 0 bridgehead atoms. The molecule has 0 fully saturated rings. The highest BCUT2D eigenvalue weighted by atomic mass is 19.4. The van der Waals surface area contributed by atoms with E-state index in [1.54, 1.807) is 12.1 Å². The van der Waals surface area contributed by atoms with Crippen molar-refractivity contribution in [3.05, 3.63) is 69.0 Å². The van der Waals surface area contributed by atoms with Gasteiger partial charge in [-0.3, -0.25) is 13.9 Å². The summed E-state index contributed by atoms with van der Waals surface area (Å²) in [4.78, 5) is 28.4. The first-order chi connectivity index (χ1) is 12.8. The van der Waals surface area contributed by atoms with Crippen LogP contribution in [0, 0.1) is 0 Å². The Bertz CT molecular complexity index is 1070. The van der Waals surface area contributed by atoms with Gasteiger partial charge in [0.1, 0.15) is 17.1 Å². The number of alkyl halides is 3. The van der Waals surface area contributed by atoms with Crippen LogP contribution in [0.3, 0.4) is 0 Å². The molecule has 2 aromatic heterocycles. The van der Waals surface area contributed by atoms with E-state index in [0.29, 0.717) is 12.2 Å². The fourth-order valence-corrected chi connectivity index (χ4v) is 2.66. The molecule has 0 atom stereocenters. The first-order valence-electron chi connectivity index (χ1n) is 8.14. The minimum Gasteiger partial charge on any atom is -0.494 e. The van der Waals surface area contributed by atoms with E-state index in [1.807, 2.05) is 18.2 Å². The number of para-hydroxylation sites is 1. The van der Waals surface area contributed by atoms with E-state index in [2.05, 4.69) is 4.98 Å². The summed E-state index contributed by atoms with van der Waals surface area (Å²) in [5.41, 5.74) is -2.84. The summed E-state index contributed by atoms with van der Waals surface area (Å²) < 4.78 is 45.9. The predicted molar refractivity (Wildman–Crippen MR) is 92.8 cm³/mol. The zero-order chi connectivity index (χ0) is 19.6. The van der Waals surface area contributed by atoms with E-state index in [1.165, 1.54) is 7.05 Å². The SMILES string of the molecule is Cn1c(=O)n(CCCOc2ccccc2)c(=O)c2ccc(C(F)(F)F)nc21. The fourth-order valence-electron chi connectivity index (χ4n) is 2.66. The van der Waals surface area contributed by atoms with Gasteiger partial charge in [0.25, 0.3) is 5.56 Å². The molecule has 1 aromatic carbocycles. The fraction of sp³-hybridized carbons (Fsp3) is 0.278. The Kier molecular flexibility index (Phi) is 5.02. The highest BCUT2D eigenvalue weighted by Crippen LogP contribution is 2.28. The van der Waals surface area contributed by atoms with Crippen molar-refractivity contribution in [1.82, 2.24) is 14.1 Å². The highest BCUT2D eigenvalue weighted by molar-refractivity contribution is 5.74. The van der Waals surface area contributed by atoms with Crippen LogP contribution in [0.4, 0.5) is 13.2 Å². The third-order valence-corrected chi connectivity index (χ3v) is 4.01. The van der Waals surface area contributed by atoms with Crippen molar-refractivity contribution in [2.75, 3.05) is 6.61 Å². The molecule has 0 radical (unpaired) electrons. The number of aromatic nitrogens is 3. The van der Waals surface area contributed by atoms with Crippen molar-refractivity contribution in [2.45, 2.75) is 19.1 Å². The minimum atomic E-state index is -4.66. The number of ether oxygens (including phenoxy) is 1. The summed E-state index contributed by atoms with van der Waals surface area (Å²) in [7, 11) is 1.29.